The van der Waals surface area contributed by atoms with E-state index in [0.29, 0.717) is 35.1 Å². The molecule has 3 rings (SSSR count). The Morgan fingerprint density at radius 1 is 1.38 bits per heavy atom. The van der Waals surface area contributed by atoms with Crippen LogP contribution in [0.25, 0.3) is 11.0 Å². The van der Waals surface area contributed by atoms with Crippen molar-refractivity contribution in [1.29, 1.82) is 0 Å². The topological polar surface area (TPSA) is 79.8 Å². The molecular formula is C20H20N4O2. The average molecular weight is 348 g/mol. The van der Waals surface area contributed by atoms with E-state index in [2.05, 4.69) is 21.3 Å². The molecule has 2 N–H and O–H groups in total. The first-order chi connectivity index (χ1) is 12.4. The number of H-pyrrole nitrogens is 1. The largest absolute Gasteiger partial charge is 0.326 e. The molecule has 2 aromatic heterocycles. The van der Waals surface area contributed by atoms with Gasteiger partial charge in [-0.05, 0) is 49.6 Å². The molecule has 0 atom stereocenters. The Bertz CT molecular complexity index is 1100. The highest BCUT2D eigenvalue weighted by Gasteiger charge is 2.15. The van der Waals surface area contributed by atoms with Crippen LogP contribution in [0.2, 0.25) is 0 Å². The number of amides is 1. The van der Waals surface area contributed by atoms with E-state index in [1.165, 1.54) is 4.68 Å². The molecule has 0 spiro atoms. The summed E-state index contributed by atoms with van der Waals surface area (Å²) in [7, 11) is 1.66. The predicted octanol–water partition coefficient (Wildman–Crippen LogP) is 2.43. The first-order valence-electron chi connectivity index (χ1n) is 8.32. The molecule has 0 radical (unpaired) electrons. The van der Waals surface area contributed by atoms with E-state index in [1.54, 1.807) is 31.3 Å². The fourth-order valence-corrected chi connectivity index (χ4v) is 3.13. The third kappa shape index (κ3) is 3.24. The molecule has 6 nitrogen and oxygen atoms in total. The summed E-state index contributed by atoms with van der Waals surface area (Å²) in [6.45, 7) is 3.79. The number of aromatic nitrogens is 3. The maximum Gasteiger partial charge on any atom is 0.276 e. The van der Waals surface area contributed by atoms with Gasteiger partial charge in [0.2, 0.25) is 5.91 Å². The number of benzene rings is 1. The monoisotopic (exact) mass is 348 g/mol. The van der Waals surface area contributed by atoms with Crippen molar-refractivity contribution in [3.05, 3.63) is 57.0 Å². The van der Waals surface area contributed by atoms with Gasteiger partial charge in [-0.3, -0.25) is 19.4 Å². The quantitative estimate of drug-likeness (QED) is 0.711. The lowest BCUT2D eigenvalue weighted by atomic mass is 10.00. The first kappa shape index (κ1) is 17.5. The Morgan fingerprint density at radius 3 is 2.88 bits per heavy atom. The summed E-state index contributed by atoms with van der Waals surface area (Å²) < 4.78 is 1.42. The summed E-state index contributed by atoms with van der Waals surface area (Å²) in [5.41, 5.74) is 4.48. The number of nitrogens with one attached hydrogen (secondary N) is 2. The van der Waals surface area contributed by atoms with Crippen molar-refractivity contribution in [1.82, 2.24) is 14.8 Å². The molecule has 0 unspecified atom stereocenters. The van der Waals surface area contributed by atoms with Crippen molar-refractivity contribution in [3.63, 3.8) is 0 Å². The van der Waals surface area contributed by atoms with Crippen LogP contribution in [0.15, 0.2) is 29.1 Å². The number of carbonyl (C=O) groups excluding carboxylic acids is 1. The molecule has 2 heterocycles. The van der Waals surface area contributed by atoms with Crippen LogP contribution in [0.4, 0.5) is 5.69 Å². The van der Waals surface area contributed by atoms with Crippen LogP contribution >= 0.6 is 0 Å². The fourth-order valence-electron chi connectivity index (χ4n) is 3.13. The number of aromatic amines is 1. The zero-order chi connectivity index (χ0) is 18.8. The van der Waals surface area contributed by atoms with Crippen LogP contribution < -0.4 is 10.9 Å². The number of rotatable bonds is 4. The van der Waals surface area contributed by atoms with Crippen LogP contribution in [-0.2, 0) is 18.3 Å². The summed E-state index contributed by atoms with van der Waals surface area (Å²) in [5, 5.41) is 6.37. The van der Waals surface area contributed by atoms with E-state index in [4.69, 9.17) is 6.42 Å². The molecule has 0 aliphatic carbocycles. The Labute approximate surface area is 151 Å². The second-order valence-electron chi connectivity index (χ2n) is 6.27. The second kappa shape index (κ2) is 6.89. The zero-order valence-electron chi connectivity index (χ0n) is 15.0. The van der Waals surface area contributed by atoms with Gasteiger partial charge in [0.15, 0.2) is 5.65 Å². The Balaban J connectivity index is 1.79. The predicted molar refractivity (Wildman–Crippen MR) is 102 cm³/mol. The van der Waals surface area contributed by atoms with Gasteiger partial charge in [0.05, 0.1) is 5.39 Å². The van der Waals surface area contributed by atoms with E-state index in [0.717, 1.165) is 16.8 Å². The molecule has 3 aromatic rings. The van der Waals surface area contributed by atoms with E-state index >= 15 is 0 Å². The lowest BCUT2D eigenvalue weighted by Crippen LogP contribution is -2.14. The number of hydrogen-bond donors (Lipinski definition) is 2. The van der Waals surface area contributed by atoms with Crippen molar-refractivity contribution in [2.24, 2.45) is 7.05 Å². The van der Waals surface area contributed by atoms with Gasteiger partial charge in [0.1, 0.15) is 0 Å². The number of aryl methyl sites for hydroxylation is 3. The number of terminal acetylenes is 1. The highest BCUT2D eigenvalue weighted by Crippen LogP contribution is 2.21. The highest BCUT2D eigenvalue weighted by atomic mass is 16.1. The third-order valence-electron chi connectivity index (χ3n) is 4.49. The van der Waals surface area contributed by atoms with E-state index in [9.17, 15) is 9.59 Å². The average Bonchev–Trinajstić information content (AvgIpc) is 2.88. The minimum Gasteiger partial charge on any atom is -0.326 e. The van der Waals surface area contributed by atoms with E-state index < -0.39 is 0 Å². The molecule has 0 saturated heterocycles. The van der Waals surface area contributed by atoms with Gasteiger partial charge in [0.25, 0.3) is 5.56 Å². The van der Waals surface area contributed by atoms with E-state index in [-0.39, 0.29) is 11.5 Å². The number of hydrogen-bond acceptors (Lipinski definition) is 3. The minimum absolute atomic E-state index is 0.109. The van der Waals surface area contributed by atoms with Crippen molar-refractivity contribution in [3.8, 4) is 12.3 Å². The van der Waals surface area contributed by atoms with Crippen LogP contribution in [0.3, 0.4) is 0 Å². The van der Waals surface area contributed by atoms with Gasteiger partial charge in [-0.1, -0.05) is 12.0 Å². The van der Waals surface area contributed by atoms with Gasteiger partial charge < -0.3 is 5.32 Å². The molecule has 0 bridgehead atoms. The molecule has 1 aromatic carbocycles. The number of pyridine rings is 1. The molecule has 0 saturated carbocycles. The standard InChI is InChI=1S/C20H20N4O2/c1-5-14-7-6-8-15(11-14)22-17(25)10-9-16-12(2)18-19(21-13(16)3)23-24(4)20(18)26/h1,6-8,11H,9-10H2,2-4H3,(H,21,23)(H,22,25). The van der Waals surface area contributed by atoms with Crippen molar-refractivity contribution >= 4 is 22.6 Å². The molecule has 0 fully saturated rings. The fraction of sp³-hybridized carbons (Fsp3) is 0.250. The van der Waals surface area contributed by atoms with Crippen molar-refractivity contribution in [2.45, 2.75) is 26.7 Å². The highest BCUT2D eigenvalue weighted by molar-refractivity contribution is 5.91. The Morgan fingerprint density at radius 2 is 2.15 bits per heavy atom. The first-order valence-corrected chi connectivity index (χ1v) is 8.32. The summed E-state index contributed by atoms with van der Waals surface area (Å²) in [5.74, 6) is 2.43. The summed E-state index contributed by atoms with van der Waals surface area (Å²) in [4.78, 5) is 29.0. The van der Waals surface area contributed by atoms with Crippen LogP contribution in [0, 0.1) is 26.2 Å². The van der Waals surface area contributed by atoms with Crippen LogP contribution in [-0.4, -0.2) is 20.7 Å². The molecule has 26 heavy (non-hydrogen) atoms. The number of fused-ring (bicyclic) bond motifs is 1. The summed E-state index contributed by atoms with van der Waals surface area (Å²) in [6.07, 6.45) is 6.18. The molecule has 1 amide bonds. The molecule has 0 aliphatic heterocycles. The maximum atomic E-state index is 12.3. The van der Waals surface area contributed by atoms with Gasteiger partial charge in [-0.2, -0.15) is 0 Å². The van der Waals surface area contributed by atoms with Crippen molar-refractivity contribution in [2.75, 3.05) is 5.32 Å². The van der Waals surface area contributed by atoms with E-state index in [1.807, 2.05) is 13.8 Å². The molecule has 6 heteroatoms. The van der Waals surface area contributed by atoms with Crippen LogP contribution in [0.5, 0.6) is 0 Å². The smallest absolute Gasteiger partial charge is 0.276 e. The minimum atomic E-state index is -0.111. The van der Waals surface area contributed by atoms with Gasteiger partial charge in [0, 0.05) is 30.4 Å². The van der Waals surface area contributed by atoms with Gasteiger partial charge >= 0.3 is 0 Å². The normalized spacial score (nSPS) is 10.7. The zero-order valence-corrected chi connectivity index (χ0v) is 15.0. The number of anilines is 1. The van der Waals surface area contributed by atoms with Crippen LogP contribution in [0.1, 0.15) is 28.8 Å². The number of nitrogens with zero attached hydrogens (tertiary/aromatic N) is 2. The Hall–Kier alpha value is -3.33. The maximum absolute atomic E-state index is 12.3. The number of carbonyl (C=O) groups is 1. The van der Waals surface area contributed by atoms with Gasteiger partial charge in [-0.25, -0.2) is 4.98 Å². The third-order valence-corrected chi connectivity index (χ3v) is 4.49. The van der Waals surface area contributed by atoms with Gasteiger partial charge in [-0.15, -0.1) is 6.42 Å². The molecular weight excluding hydrogens is 328 g/mol. The lowest BCUT2D eigenvalue weighted by Gasteiger charge is -2.10. The second-order valence-corrected chi connectivity index (χ2v) is 6.27. The molecule has 0 aliphatic rings. The summed E-state index contributed by atoms with van der Waals surface area (Å²) in [6, 6.07) is 7.16. The molecule has 132 valence electrons. The summed E-state index contributed by atoms with van der Waals surface area (Å²) >= 11 is 0. The lowest BCUT2D eigenvalue weighted by molar-refractivity contribution is -0.116. The van der Waals surface area contributed by atoms with Crippen molar-refractivity contribution < 1.29 is 4.79 Å². The SMILES string of the molecule is C#Cc1cccc(NC(=O)CCc2c(C)nc3[nH]n(C)c(=O)c3c2C)c1. The Kier molecular flexibility index (Phi) is 4.63.